The molecule has 0 aliphatic carbocycles. The maximum Gasteiger partial charge on any atom is 0.257 e. The highest BCUT2D eigenvalue weighted by Gasteiger charge is 2.05. The Bertz CT molecular complexity index is 584. The van der Waals surface area contributed by atoms with E-state index in [1.54, 1.807) is 12.1 Å². The Morgan fingerprint density at radius 1 is 1.24 bits per heavy atom. The minimum absolute atomic E-state index is 0.0734. The molecule has 1 aromatic carbocycles. The van der Waals surface area contributed by atoms with E-state index in [4.69, 9.17) is 0 Å². The van der Waals surface area contributed by atoms with Crippen molar-refractivity contribution >= 4 is 11.6 Å². The number of phenols is 1. The van der Waals surface area contributed by atoms with Crippen LogP contribution in [0.3, 0.4) is 0 Å². The highest BCUT2D eigenvalue weighted by molar-refractivity contribution is 6.04. The molecule has 1 heterocycles. The van der Waals surface area contributed by atoms with Crippen molar-refractivity contribution < 1.29 is 9.90 Å². The third-order valence-corrected chi connectivity index (χ3v) is 2.15. The van der Waals surface area contributed by atoms with Crippen molar-refractivity contribution in [2.24, 2.45) is 0 Å². The lowest BCUT2D eigenvalue weighted by Gasteiger charge is -2.04. The first-order valence-electron chi connectivity index (χ1n) is 4.94. The van der Waals surface area contributed by atoms with Gasteiger partial charge in [-0.15, -0.1) is 0 Å². The number of H-pyrrole nitrogens is 1. The molecule has 1 amide bonds. The first-order chi connectivity index (χ1) is 8.15. The molecule has 17 heavy (non-hydrogen) atoms. The highest BCUT2D eigenvalue weighted by atomic mass is 16.3. The smallest absolute Gasteiger partial charge is 0.257 e. The molecule has 2 rings (SSSR count). The number of phenolic OH excluding ortho intramolecular Hbond substituents is 1. The lowest BCUT2D eigenvalue weighted by atomic mass is 10.2. The Labute approximate surface area is 96.7 Å². The summed E-state index contributed by atoms with van der Waals surface area (Å²) in [6.07, 6.45) is 1.33. The summed E-state index contributed by atoms with van der Waals surface area (Å²) in [6, 6.07) is 8.93. The zero-order chi connectivity index (χ0) is 12.3. The van der Waals surface area contributed by atoms with Gasteiger partial charge >= 0.3 is 0 Å². The van der Waals surface area contributed by atoms with Crippen molar-refractivity contribution in [1.82, 2.24) is 4.98 Å². The molecule has 0 fully saturated rings. The number of carbonyl (C=O) groups is 1. The lowest BCUT2D eigenvalue weighted by Crippen LogP contribution is -2.14. The summed E-state index contributed by atoms with van der Waals surface area (Å²) < 4.78 is 0. The van der Waals surface area contributed by atoms with Crippen LogP contribution in [0.1, 0.15) is 10.4 Å². The maximum atomic E-state index is 11.7. The number of pyridine rings is 1. The fraction of sp³-hybridized carbons (Fsp3) is 0. The number of rotatable bonds is 2. The van der Waals surface area contributed by atoms with Gasteiger partial charge in [-0.1, -0.05) is 6.07 Å². The number of hydrogen-bond acceptors (Lipinski definition) is 3. The lowest BCUT2D eigenvalue weighted by molar-refractivity contribution is 0.102. The second-order valence-electron chi connectivity index (χ2n) is 3.45. The molecule has 0 spiro atoms. The van der Waals surface area contributed by atoms with Gasteiger partial charge in [0.2, 0.25) is 5.56 Å². The van der Waals surface area contributed by atoms with Crippen molar-refractivity contribution in [3.05, 3.63) is 58.5 Å². The van der Waals surface area contributed by atoms with E-state index in [-0.39, 0.29) is 17.2 Å². The molecule has 0 saturated carbocycles. The van der Waals surface area contributed by atoms with Crippen LogP contribution in [0.25, 0.3) is 0 Å². The van der Waals surface area contributed by atoms with Crippen LogP contribution in [0.15, 0.2) is 47.4 Å². The number of hydrogen-bond donors (Lipinski definition) is 3. The van der Waals surface area contributed by atoms with Crippen LogP contribution in [0.5, 0.6) is 5.75 Å². The van der Waals surface area contributed by atoms with Gasteiger partial charge < -0.3 is 15.4 Å². The highest BCUT2D eigenvalue weighted by Crippen LogP contribution is 2.15. The van der Waals surface area contributed by atoms with Crippen molar-refractivity contribution in [1.29, 1.82) is 0 Å². The summed E-state index contributed by atoms with van der Waals surface area (Å²) in [7, 11) is 0. The number of anilines is 1. The van der Waals surface area contributed by atoms with Gasteiger partial charge in [0.1, 0.15) is 5.75 Å². The van der Waals surface area contributed by atoms with E-state index in [9.17, 15) is 14.7 Å². The number of amides is 1. The van der Waals surface area contributed by atoms with Crippen molar-refractivity contribution in [3.63, 3.8) is 0 Å². The zero-order valence-corrected chi connectivity index (χ0v) is 8.81. The van der Waals surface area contributed by atoms with Gasteiger partial charge in [0.15, 0.2) is 0 Å². The van der Waals surface area contributed by atoms with Crippen LogP contribution in [0, 0.1) is 0 Å². The molecule has 0 bridgehead atoms. The number of benzene rings is 1. The van der Waals surface area contributed by atoms with Crippen LogP contribution in [-0.4, -0.2) is 16.0 Å². The Balaban J connectivity index is 2.17. The van der Waals surface area contributed by atoms with Gasteiger partial charge in [0.25, 0.3) is 5.91 Å². The molecule has 0 aliphatic heterocycles. The third-order valence-electron chi connectivity index (χ3n) is 2.15. The van der Waals surface area contributed by atoms with Gasteiger partial charge in [-0.25, -0.2) is 0 Å². The molecule has 0 unspecified atom stereocenters. The summed E-state index contributed by atoms with van der Waals surface area (Å²) in [4.78, 5) is 25.0. The number of aromatic nitrogens is 1. The fourth-order valence-electron chi connectivity index (χ4n) is 1.34. The molecule has 86 valence electrons. The third kappa shape index (κ3) is 2.72. The molecule has 1 aromatic heterocycles. The summed E-state index contributed by atoms with van der Waals surface area (Å²) in [6.45, 7) is 0. The van der Waals surface area contributed by atoms with E-state index < -0.39 is 0 Å². The molecule has 0 atom stereocenters. The molecule has 5 heteroatoms. The van der Waals surface area contributed by atoms with E-state index in [0.29, 0.717) is 11.3 Å². The van der Waals surface area contributed by atoms with E-state index in [2.05, 4.69) is 10.3 Å². The normalized spacial score (nSPS) is 9.88. The van der Waals surface area contributed by atoms with Gasteiger partial charge in [-0.3, -0.25) is 9.59 Å². The number of carbonyl (C=O) groups excluding carboxylic acids is 1. The molecule has 5 nitrogen and oxygen atoms in total. The predicted molar refractivity (Wildman–Crippen MR) is 63.1 cm³/mol. The minimum Gasteiger partial charge on any atom is -0.508 e. The Morgan fingerprint density at radius 2 is 2.06 bits per heavy atom. The first-order valence-corrected chi connectivity index (χ1v) is 4.94. The summed E-state index contributed by atoms with van der Waals surface area (Å²) in [5.74, 6) is -0.281. The quantitative estimate of drug-likeness (QED) is 0.727. The number of aromatic amines is 1. The van der Waals surface area contributed by atoms with Crippen LogP contribution < -0.4 is 10.9 Å². The van der Waals surface area contributed by atoms with Crippen LogP contribution in [0.2, 0.25) is 0 Å². The Hall–Kier alpha value is -2.56. The SMILES string of the molecule is O=C(Nc1cccc(O)c1)c1ccc(=O)[nH]c1. The van der Waals surface area contributed by atoms with E-state index in [1.807, 2.05) is 0 Å². The first kappa shape index (κ1) is 10.9. The van der Waals surface area contributed by atoms with Gasteiger partial charge in [0.05, 0.1) is 5.56 Å². The molecular formula is C12H10N2O3. The van der Waals surface area contributed by atoms with Crippen LogP contribution in [0.4, 0.5) is 5.69 Å². The molecular weight excluding hydrogens is 220 g/mol. The molecule has 2 aromatic rings. The molecule has 3 N–H and O–H groups in total. The predicted octanol–water partition coefficient (Wildman–Crippen LogP) is 1.33. The second kappa shape index (κ2) is 4.52. The average molecular weight is 230 g/mol. The van der Waals surface area contributed by atoms with Gasteiger partial charge in [-0.2, -0.15) is 0 Å². The largest absolute Gasteiger partial charge is 0.508 e. The summed E-state index contributed by atoms with van der Waals surface area (Å²) in [5, 5.41) is 11.8. The summed E-state index contributed by atoms with van der Waals surface area (Å²) >= 11 is 0. The maximum absolute atomic E-state index is 11.7. The van der Waals surface area contributed by atoms with Crippen molar-refractivity contribution in [3.8, 4) is 5.75 Å². The standard InChI is InChI=1S/C12H10N2O3/c15-10-3-1-2-9(6-10)14-12(17)8-4-5-11(16)13-7-8/h1-7,15H,(H,13,16)(H,14,17). The van der Waals surface area contributed by atoms with E-state index in [1.165, 1.54) is 30.5 Å². The van der Waals surface area contributed by atoms with Crippen LogP contribution >= 0.6 is 0 Å². The number of aromatic hydroxyl groups is 1. The second-order valence-corrected chi connectivity index (χ2v) is 3.45. The van der Waals surface area contributed by atoms with E-state index >= 15 is 0 Å². The zero-order valence-electron chi connectivity index (χ0n) is 8.81. The minimum atomic E-state index is -0.355. The monoisotopic (exact) mass is 230 g/mol. The fourth-order valence-corrected chi connectivity index (χ4v) is 1.34. The molecule has 0 radical (unpaired) electrons. The number of nitrogens with one attached hydrogen (secondary N) is 2. The summed E-state index contributed by atoms with van der Waals surface area (Å²) in [5.41, 5.74) is 0.563. The average Bonchev–Trinajstić information content (AvgIpc) is 2.29. The Morgan fingerprint density at radius 3 is 2.71 bits per heavy atom. The topological polar surface area (TPSA) is 82.2 Å². The van der Waals surface area contributed by atoms with Gasteiger partial charge in [0, 0.05) is 24.0 Å². The Kier molecular flexibility index (Phi) is 2.91. The molecule has 0 saturated heterocycles. The van der Waals surface area contributed by atoms with Gasteiger partial charge in [-0.05, 0) is 18.2 Å². The van der Waals surface area contributed by atoms with E-state index in [0.717, 1.165) is 0 Å². The van der Waals surface area contributed by atoms with Crippen molar-refractivity contribution in [2.75, 3.05) is 5.32 Å². The van der Waals surface area contributed by atoms with Crippen molar-refractivity contribution in [2.45, 2.75) is 0 Å². The van der Waals surface area contributed by atoms with Crippen LogP contribution in [-0.2, 0) is 0 Å². The molecule has 0 aliphatic rings.